The van der Waals surface area contributed by atoms with Gasteiger partial charge in [0.15, 0.2) is 0 Å². The average Bonchev–Trinajstić information content (AvgIpc) is 2.59. The van der Waals surface area contributed by atoms with Crippen LogP contribution in [0.15, 0.2) is 30.3 Å². The van der Waals surface area contributed by atoms with Crippen molar-refractivity contribution in [2.75, 3.05) is 26.2 Å². The molecular formula is C17H29N3O2S. The third-order valence-electron chi connectivity index (χ3n) is 4.34. The van der Waals surface area contributed by atoms with Crippen molar-refractivity contribution in [1.82, 2.24) is 13.9 Å². The molecule has 23 heavy (non-hydrogen) atoms. The summed E-state index contributed by atoms with van der Waals surface area (Å²) in [4.78, 5) is 0. The van der Waals surface area contributed by atoms with E-state index < -0.39 is 10.2 Å². The van der Waals surface area contributed by atoms with E-state index in [9.17, 15) is 8.42 Å². The molecule has 1 saturated heterocycles. The van der Waals surface area contributed by atoms with E-state index in [4.69, 9.17) is 0 Å². The number of nitrogens with one attached hydrogen (secondary N) is 1. The molecule has 1 N–H and O–H groups in total. The van der Waals surface area contributed by atoms with Crippen LogP contribution in [0.1, 0.15) is 38.7 Å². The Kier molecular flexibility index (Phi) is 7.02. The molecule has 0 spiro atoms. The van der Waals surface area contributed by atoms with Crippen LogP contribution >= 0.6 is 0 Å². The van der Waals surface area contributed by atoms with Gasteiger partial charge >= 0.3 is 0 Å². The molecule has 0 bridgehead atoms. The Hall–Kier alpha value is -0.950. The molecule has 1 aromatic rings. The molecule has 1 aliphatic heterocycles. The lowest BCUT2D eigenvalue weighted by Gasteiger charge is -2.36. The molecule has 5 nitrogen and oxygen atoms in total. The summed E-state index contributed by atoms with van der Waals surface area (Å²) >= 11 is 0. The molecular weight excluding hydrogens is 310 g/mol. The minimum absolute atomic E-state index is 0.117. The van der Waals surface area contributed by atoms with Crippen molar-refractivity contribution in [3.63, 3.8) is 0 Å². The lowest BCUT2D eigenvalue weighted by molar-refractivity contribution is 0.240. The van der Waals surface area contributed by atoms with Crippen LogP contribution in [0.25, 0.3) is 0 Å². The SMILES string of the molecule is CCCN(C1CCNCC1)S(=O)(=O)N(CC)Cc1ccccc1. The Bertz CT molecular complexity index is 556. The number of hydrogen-bond acceptors (Lipinski definition) is 3. The van der Waals surface area contributed by atoms with Crippen LogP contribution in [-0.2, 0) is 16.8 Å². The summed E-state index contributed by atoms with van der Waals surface area (Å²) in [5.74, 6) is 0. The summed E-state index contributed by atoms with van der Waals surface area (Å²) in [6, 6.07) is 9.93. The molecule has 6 heteroatoms. The Balaban J connectivity index is 2.19. The highest BCUT2D eigenvalue weighted by atomic mass is 32.2. The predicted molar refractivity (Wildman–Crippen MR) is 94.3 cm³/mol. The van der Waals surface area contributed by atoms with Crippen molar-refractivity contribution in [1.29, 1.82) is 0 Å². The molecule has 130 valence electrons. The molecule has 0 unspecified atom stereocenters. The number of benzene rings is 1. The Morgan fingerprint density at radius 1 is 1.13 bits per heavy atom. The summed E-state index contributed by atoms with van der Waals surface area (Å²) in [5, 5.41) is 3.31. The van der Waals surface area contributed by atoms with E-state index in [-0.39, 0.29) is 6.04 Å². The molecule has 0 atom stereocenters. The van der Waals surface area contributed by atoms with Gasteiger partial charge in [0, 0.05) is 25.7 Å². The molecule has 0 aromatic heterocycles. The third-order valence-corrected chi connectivity index (χ3v) is 6.45. The van der Waals surface area contributed by atoms with Gasteiger partial charge in [0.25, 0.3) is 10.2 Å². The zero-order chi connectivity index (χ0) is 16.7. The first-order valence-electron chi connectivity index (χ1n) is 8.61. The van der Waals surface area contributed by atoms with Gasteiger partial charge in [-0.2, -0.15) is 17.0 Å². The number of piperidine rings is 1. The summed E-state index contributed by atoms with van der Waals surface area (Å²) in [5.41, 5.74) is 1.03. The molecule has 1 heterocycles. The molecule has 0 radical (unpaired) electrons. The molecule has 0 aliphatic carbocycles. The lowest BCUT2D eigenvalue weighted by Crippen LogP contribution is -2.51. The van der Waals surface area contributed by atoms with E-state index in [2.05, 4.69) is 5.32 Å². The minimum atomic E-state index is -3.43. The quantitative estimate of drug-likeness (QED) is 0.790. The van der Waals surface area contributed by atoms with Crippen molar-refractivity contribution < 1.29 is 8.42 Å². The van der Waals surface area contributed by atoms with Crippen LogP contribution in [0.5, 0.6) is 0 Å². The van der Waals surface area contributed by atoms with E-state index in [0.717, 1.165) is 37.9 Å². The van der Waals surface area contributed by atoms with Gasteiger partial charge in [-0.25, -0.2) is 0 Å². The summed E-state index contributed by atoms with van der Waals surface area (Å²) in [6.07, 6.45) is 2.62. The number of nitrogens with zero attached hydrogens (tertiary/aromatic N) is 2. The fourth-order valence-corrected chi connectivity index (χ4v) is 5.03. The highest BCUT2D eigenvalue weighted by Crippen LogP contribution is 2.21. The van der Waals surface area contributed by atoms with Gasteiger partial charge in [0.2, 0.25) is 0 Å². The largest absolute Gasteiger partial charge is 0.317 e. The Morgan fingerprint density at radius 2 is 1.78 bits per heavy atom. The molecule has 0 saturated carbocycles. The topological polar surface area (TPSA) is 52.7 Å². The first-order valence-corrected chi connectivity index (χ1v) is 10.0. The van der Waals surface area contributed by atoms with Gasteiger partial charge in [0.1, 0.15) is 0 Å². The number of hydrogen-bond donors (Lipinski definition) is 1. The van der Waals surface area contributed by atoms with Gasteiger partial charge in [-0.15, -0.1) is 0 Å². The van der Waals surface area contributed by atoms with E-state index >= 15 is 0 Å². The van der Waals surface area contributed by atoms with Gasteiger partial charge in [-0.3, -0.25) is 0 Å². The second-order valence-electron chi connectivity index (χ2n) is 6.01. The summed E-state index contributed by atoms with van der Waals surface area (Å²) in [6.45, 7) is 7.26. The van der Waals surface area contributed by atoms with Crippen LogP contribution < -0.4 is 5.32 Å². The standard InChI is InChI=1S/C17H29N3O2S/c1-3-14-20(17-10-12-18-13-11-17)23(21,22)19(4-2)15-16-8-6-5-7-9-16/h5-9,17-18H,3-4,10-15H2,1-2H3. The van der Waals surface area contributed by atoms with E-state index in [1.807, 2.05) is 44.2 Å². The Labute approximate surface area is 140 Å². The number of rotatable bonds is 8. The van der Waals surface area contributed by atoms with Gasteiger partial charge in [0.05, 0.1) is 0 Å². The normalized spacial score (nSPS) is 17.0. The molecule has 0 amide bonds. The van der Waals surface area contributed by atoms with Crippen LogP contribution in [0, 0.1) is 0 Å². The monoisotopic (exact) mass is 339 g/mol. The van der Waals surface area contributed by atoms with E-state index in [1.54, 1.807) is 8.61 Å². The minimum Gasteiger partial charge on any atom is -0.317 e. The first kappa shape index (κ1) is 18.4. The second-order valence-corrected chi connectivity index (χ2v) is 7.89. The van der Waals surface area contributed by atoms with Crippen LogP contribution in [0.2, 0.25) is 0 Å². The third kappa shape index (κ3) is 4.76. The van der Waals surface area contributed by atoms with Crippen LogP contribution in [0.3, 0.4) is 0 Å². The molecule has 1 fully saturated rings. The second kappa shape index (κ2) is 8.78. The molecule has 1 aliphatic rings. The highest BCUT2D eigenvalue weighted by Gasteiger charge is 2.34. The average molecular weight is 340 g/mol. The summed E-state index contributed by atoms with van der Waals surface area (Å²) in [7, 11) is -3.43. The Morgan fingerprint density at radius 3 is 2.35 bits per heavy atom. The zero-order valence-electron chi connectivity index (χ0n) is 14.2. The van der Waals surface area contributed by atoms with Crippen molar-refractivity contribution in [2.45, 2.75) is 45.7 Å². The molecule has 2 rings (SSSR count). The lowest BCUT2D eigenvalue weighted by atomic mass is 10.1. The van der Waals surface area contributed by atoms with Gasteiger partial charge < -0.3 is 5.32 Å². The van der Waals surface area contributed by atoms with Crippen molar-refractivity contribution in [3.8, 4) is 0 Å². The summed E-state index contributed by atoms with van der Waals surface area (Å²) < 4.78 is 29.7. The predicted octanol–water partition coefficient (Wildman–Crippen LogP) is 2.22. The maximum Gasteiger partial charge on any atom is 0.282 e. The van der Waals surface area contributed by atoms with Crippen molar-refractivity contribution in [2.24, 2.45) is 0 Å². The van der Waals surface area contributed by atoms with E-state index in [0.29, 0.717) is 19.6 Å². The maximum absolute atomic E-state index is 13.2. The fourth-order valence-electron chi connectivity index (χ4n) is 3.09. The first-order chi connectivity index (χ1) is 11.1. The van der Waals surface area contributed by atoms with Crippen LogP contribution in [-0.4, -0.2) is 49.2 Å². The smallest absolute Gasteiger partial charge is 0.282 e. The van der Waals surface area contributed by atoms with Crippen molar-refractivity contribution >= 4 is 10.2 Å². The van der Waals surface area contributed by atoms with Gasteiger partial charge in [-0.1, -0.05) is 44.2 Å². The molecule has 1 aromatic carbocycles. The van der Waals surface area contributed by atoms with E-state index in [1.165, 1.54) is 0 Å². The fraction of sp³-hybridized carbons (Fsp3) is 0.647. The van der Waals surface area contributed by atoms with Crippen molar-refractivity contribution in [3.05, 3.63) is 35.9 Å². The highest BCUT2D eigenvalue weighted by molar-refractivity contribution is 7.86. The van der Waals surface area contributed by atoms with Gasteiger partial charge in [-0.05, 0) is 37.9 Å². The maximum atomic E-state index is 13.2. The van der Waals surface area contributed by atoms with Crippen LogP contribution in [0.4, 0.5) is 0 Å². The zero-order valence-corrected chi connectivity index (χ0v) is 15.1.